The molecule has 0 aliphatic heterocycles. The number of rotatable bonds is 11. The van der Waals surface area contributed by atoms with Crippen LogP contribution < -0.4 is 9.47 Å². The molecule has 0 amide bonds. The number of alkyl halides is 3. The molecule has 0 aliphatic carbocycles. The monoisotopic (exact) mass is 426 g/mol. The third-order valence-corrected chi connectivity index (χ3v) is 4.58. The second kappa shape index (κ2) is 10.7. The summed E-state index contributed by atoms with van der Waals surface area (Å²) in [5.74, 6) is -0.918. The zero-order valence-electron chi connectivity index (χ0n) is 17.8. The van der Waals surface area contributed by atoms with E-state index in [-0.39, 0.29) is 5.75 Å². The van der Waals surface area contributed by atoms with Crippen LogP contribution in [-0.2, 0) is 28.3 Å². The van der Waals surface area contributed by atoms with E-state index >= 15 is 0 Å². The molecule has 0 saturated carbocycles. The van der Waals surface area contributed by atoms with E-state index in [1.54, 1.807) is 12.1 Å². The fourth-order valence-corrected chi connectivity index (χ4v) is 3.24. The van der Waals surface area contributed by atoms with Crippen molar-refractivity contribution in [3.8, 4) is 11.5 Å². The van der Waals surface area contributed by atoms with Gasteiger partial charge in [0.25, 0.3) is 0 Å². The Morgan fingerprint density at radius 1 is 0.833 bits per heavy atom. The van der Waals surface area contributed by atoms with Crippen molar-refractivity contribution >= 4 is 0 Å². The Labute approximate surface area is 175 Å². The van der Waals surface area contributed by atoms with Crippen LogP contribution in [0.4, 0.5) is 13.2 Å². The van der Waals surface area contributed by atoms with E-state index in [0.29, 0.717) is 11.3 Å². The number of hydrogen-bond acceptors (Lipinski definition) is 4. The van der Waals surface area contributed by atoms with E-state index in [9.17, 15) is 13.2 Å². The highest BCUT2D eigenvalue weighted by Gasteiger charge is 2.37. The van der Waals surface area contributed by atoms with Crippen molar-refractivity contribution in [1.29, 1.82) is 0 Å². The second-order valence-electron chi connectivity index (χ2n) is 6.90. The van der Waals surface area contributed by atoms with Crippen molar-refractivity contribution in [1.82, 2.24) is 0 Å². The maximum Gasteiger partial charge on any atom is 0.422 e. The minimum Gasteiger partial charge on any atom is -0.484 e. The van der Waals surface area contributed by atoms with E-state index < -0.39 is 18.8 Å². The highest BCUT2D eigenvalue weighted by atomic mass is 19.4. The molecule has 0 spiro atoms. The maximum absolute atomic E-state index is 12.5. The van der Waals surface area contributed by atoms with Gasteiger partial charge in [0.15, 0.2) is 6.61 Å². The number of aryl methyl sites for hydroxylation is 2. The number of methoxy groups -OCH3 is 2. The first-order valence-corrected chi connectivity index (χ1v) is 9.98. The molecule has 2 rings (SSSR count). The van der Waals surface area contributed by atoms with E-state index in [0.717, 1.165) is 36.8 Å². The molecule has 0 heterocycles. The lowest BCUT2D eigenvalue weighted by atomic mass is 10.0. The van der Waals surface area contributed by atoms with Gasteiger partial charge in [-0.15, -0.1) is 0 Å². The van der Waals surface area contributed by atoms with Crippen LogP contribution in [-0.4, -0.2) is 27.0 Å². The van der Waals surface area contributed by atoms with Gasteiger partial charge in [-0.05, 0) is 42.2 Å². The van der Waals surface area contributed by atoms with E-state index in [1.807, 2.05) is 18.2 Å². The Kier molecular flexibility index (Phi) is 8.55. The van der Waals surface area contributed by atoms with Crippen LogP contribution in [0.1, 0.15) is 43.4 Å². The van der Waals surface area contributed by atoms with Gasteiger partial charge in [0.05, 0.1) is 5.56 Å². The van der Waals surface area contributed by atoms with Crippen LogP contribution in [0.3, 0.4) is 0 Å². The highest BCUT2D eigenvalue weighted by Crippen LogP contribution is 2.36. The molecule has 166 valence electrons. The topological polar surface area (TPSA) is 36.9 Å². The van der Waals surface area contributed by atoms with Gasteiger partial charge in [-0.25, -0.2) is 0 Å². The summed E-state index contributed by atoms with van der Waals surface area (Å²) in [6.07, 6.45) is -0.949. The summed E-state index contributed by atoms with van der Waals surface area (Å²) in [6.45, 7) is 2.78. The van der Waals surface area contributed by atoms with Crippen molar-refractivity contribution in [2.45, 2.75) is 51.7 Å². The predicted octanol–water partition coefficient (Wildman–Crippen LogP) is 6.01. The molecular formula is C23H29F3O4. The minimum atomic E-state index is -4.43. The molecule has 0 aliphatic rings. The highest BCUT2D eigenvalue weighted by molar-refractivity contribution is 5.43. The van der Waals surface area contributed by atoms with Crippen molar-refractivity contribution in [2.75, 3.05) is 20.8 Å². The number of halogens is 3. The Hall–Kier alpha value is -2.25. The average molecular weight is 426 g/mol. The standard InChI is InChI=1S/C23H29F3O4/c1-5-9-17-11-7-12-18(10-6-2)21(17)30-23(27-3,28-4)19-13-8-14-20(15-19)29-16-22(24,25)26/h7-8,11-15H,5-6,9-10,16H2,1-4H3. The first kappa shape index (κ1) is 24.0. The molecule has 0 atom stereocenters. The normalized spacial score (nSPS) is 12.1. The molecule has 0 aromatic heterocycles. The zero-order chi connectivity index (χ0) is 22.2. The molecule has 0 saturated heterocycles. The summed E-state index contributed by atoms with van der Waals surface area (Å²) in [5, 5.41) is 0. The Balaban J connectivity index is 2.44. The molecule has 30 heavy (non-hydrogen) atoms. The largest absolute Gasteiger partial charge is 0.484 e. The molecule has 0 radical (unpaired) electrons. The van der Waals surface area contributed by atoms with Gasteiger partial charge in [0.1, 0.15) is 11.5 Å². The summed E-state index contributed by atoms with van der Waals surface area (Å²) in [5.41, 5.74) is 2.43. The van der Waals surface area contributed by atoms with Crippen molar-refractivity contribution in [2.24, 2.45) is 0 Å². The minimum absolute atomic E-state index is 0.0440. The Morgan fingerprint density at radius 2 is 1.40 bits per heavy atom. The predicted molar refractivity (Wildman–Crippen MR) is 109 cm³/mol. The van der Waals surface area contributed by atoms with Gasteiger partial charge < -0.3 is 18.9 Å². The van der Waals surface area contributed by atoms with Crippen LogP contribution in [0.5, 0.6) is 11.5 Å². The van der Waals surface area contributed by atoms with E-state index in [4.69, 9.17) is 18.9 Å². The molecule has 2 aromatic carbocycles. The van der Waals surface area contributed by atoms with Gasteiger partial charge in [-0.3, -0.25) is 0 Å². The lowest BCUT2D eigenvalue weighted by molar-refractivity contribution is -0.334. The third kappa shape index (κ3) is 6.12. The van der Waals surface area contributed by atoms with Gasteiger partial charge in [0.2, 0.25) is 0 Å². The fraction of sp³-hybridized carbons (Fsp3) is 0.478. The quantitative estimate of drug-likeness (QED) is 0.412. The first-order chi connectivity index (χ1) is 14.3. The smallest absolute Gasteiger partial charge is 0.422 e. The van der Waals surface area contributed by atoms with Gasteiger partial charge in [-0.1, -0.05) is 51.0 Å². The number of para-hydroxylation sites is 1. The van der Waals surface area contributed by atoms with E-state index in [1.165, 1.54) is 26.4 Å². The first-order valence-electron chi connectivity index (χ1n) is 9.98. The second-order valence-corrected chi connectivity index (χ2v) is 6.90. The van der Waals surface area contributed by atoms with Crippen LogP contribution in [0.15, 0.2) is 42.5 Å². The molecule has 4 nitrogen and oxygen atoms in total. The molecular weight excluding hydrogens is 397 g/mol. The van der Waals surface area contributed by atoms with Gasteiger partial charge >= 0.3 is 12.1 Å². The Bertz CT molecular complexity index is 777. The van der Waals surface area contributed by atoms with Gasteiger partial charge in [-0.2, -0.15) is 13.2 Å². The summed E-state index contributed by atoms with van der Waals surface area (Å²) in [6, 6.07) is 12.1. The van der Waals surface area contributed by atoms with Crippen LogP contribution in [0.2, 0.25) is 0 Å². The van der Waals surface area contributed by atoms with Crippen molar-refractivity contribution < 1.29 is 32.1 Å². The molecule has 0 N–H and O–H groups in total. The van der Waals surface area contributed by atoms with Crippen molar-refractivity contribution in [3.63, 3.8) is 0 Å². The fourth-order valence-electron chi connectivity index (χ4n) is 3.24. The number of benzene rings is 2. The lowest BCUT2D eigenvalue weighted by Crippen LogP contribution is -2.38. The molecule has 2 aromatic rings. The van der Waals surface area contributed by atoms with Crippen molar-refractivity contribution in [3.05, 3.63) is 59.2 Å². The number of ether oxygens (including phenoxy) is 4. The summed E-state index contributed by atoms with van der Waals surface area (Å²) in [4.78, 5) is 0. The Morgan fingerprint density at radius 3 is 1.90 bits per heavy atom. The molecule has 0 unspecified atom stereocenters. The number of hydrogen-bond donors (Lipinski definition) is 0. The average Bonchev–Trinajstić information content (AvgIpc) is 2.72. The van der Waals surface area contributed by atoms with Crippen LogP contribution >= 0.6 is 0 Å². The van der Waals surface area contributed by atoms with E-state index in [2.05, 4.69) is 13.8 Å². The summed E-state index contributed by atoms with van der Waals surface area (Å²) < 4.78 is 60.0. The zero-order valence-corrected chi connectivity index (χ0v) is 17.8. The maximum atomic E-state index is 12.5. The lowest BCUT2D eigenvalue weighted by Gasteiger charge is -2.33. The summed E-state index contributed by atoms with van der Waals surface area (Å²) >= 11 is 0. The molecule has 0 bridgehead atoms. The SMILES string of the molecule is CCCc1cccc(CCC)c1OC(OC)(OC)c1cccc(OCC(F)(F)F)c1. The third-order valence-electron chi connectivity index (χ3n) is 4.58. The molecule has 7 heteroatoms. The molecule has 0 fully saturated rings. The van der Waals surface area contributed by atoms with Crippen LogP contribution in [0, 0.1) is 0 Å². The van der Waals surface area contributed by atoms with Gasteiger partial charge in [0, 0.05) is 14.2 Å². The van der Waals surface area contributed by atoms with Crippen LogP contribution in [0.25, 0.3) is 0 Å². The summed E-state index contributed by atoms with van der Waals surface area (Å²) in [7, 11) is 2.85.